The van der Waals surface area contributed by atoms with Crippen molar-refractivity contribution in [3.8, 4) is 5.75 Å². The van der Waals surface area contributed by atoms with Gasteiger partial charge in [0, 0.05) is 19.4 Å². The van der Waals surface area contributed by atoms with Gasteiger partial charge in [0.1, 0.15) is 11.4 Å². The fourth-order valence-electron chi connectivity index (χ4n) is 1.53. The topological polar surface area (TPSA) is 53.1 Å². The van der Waals surface area contributed by atoms with Crippen molar-refractivity contribution in [1.29, 1.82) is 0 Å². The molecule has 4 heteroatoms. The first-order valence-corrected chi connectivity index (χ1v) is 5.06. The SMILES string of the molecule is Cn1ccc2c(OCCCN)ccnc21. The van der Waals surface area contributed by atoms with Gasteiger partial charge in [-0.1, -0.05) is 0 Å². The zero-order valence-electron chi connectivity index (χ0n) is 8.81. The number of hydrogen-bond donors (Lipinski definition) is 1. The lowest BCUT2D eigenvalue weighted by Crippen LogP contribution is -2.06. The number of ether oxygens (including phenoxy) is 1. The van der Waals surface area contributed by atoms with E-state index in [9.17, 15) is 0 Å². The Hall–Kier alpha value is -1.55. The molecule has 2 heterocycles. The summed E-state index contributed by atoms with van der Waals surface area (Å²) in [5, 5.41) is 1.05. The normalized spacial score (nSPS) is 10.8. The minimum absolute atomic E-state index is 0.656. The number of nitrogens with zero attached hydrogens (tertiary/aromatic N) is 2. The first kappa shape index (κ1) is 9.98. The van der Waals surface area contributed by atoms with Crippen LogP contribution in [0, 0.1) is 0 Å². The second kappa shape index (κ2) is 4.31. The maximum absolute atomic E-state index is 5.64. The third kappa shape index (κ3) is 1.94. The van der Waals surface area contributed by atoms with Crippen LogP contribution in [-0.4, -0.2) is 22.7 Å². The van der Waals surface area contributed by atoms with Crippen LogP contribution in [0.5, 0.6) is 5.75 Å². The lowest BCUT2D eigenvalue weighted by molar-refractivity contribution is 0.317. The van der Waals surface area contributed by atoms with Crippen molar-refractivity contribution in [3.63, 3.8) is 0 Å². The van der Waals surface area contributed by atoms with Gasteiger partial charge in [-0.25, -0.2) is 4.98 Å². The Morgan fingerprint density at radius 3 is 3.13 bits per heavy atom. The van der Waals surface area contributed by atoms with E-state index in [-0.39, 0.29) is 0 Å². The molecule has 0 radical (unpaired) electrons. The predicted octanol–water partition coefficient (Wildman–Crippen LogP) is 1.30. The molecule has 2 aromatic heterocycles. The maximum Gasteiger partial charge on any atom is 0.143 e. The van der Waals surface area contributed by atoms with E-state index in [0.29, 0.717) is 13.2 Å². The maximum atomic E-state index is 5.64. The van der Waals surface area contributed by atoms with Crippen molar-refractivity contribution in [2.24, 2.45) is 12.8 Å². The molecule has 0 fully saturated rings. The summed E-state index contributed by atoms with van der Waals surface area (Å²) in [4.78, 5) is 4.29. The highest BCUT2D eigenvalue weighted by Crippen LogP contribution is 2.23. The number of fused-ring (bicyclic) bond motifs is 1. The Morgan fingerprint density at radius 1 is 1.47 bits per heavy atom. The Balaban J connectivity index is 2.26. The van der Waals surface area contributed by atoms with Gasteiger partial charge in [-0.2, -0.15) is 0 Å². The number of nitrogens with two attached hydrogens (primary N) is 1. The van der Waals surface area contributed by atoms with Crippen molar-refractivity contribution in [3.05, 3.63) is 24.5 Å². The monoisotopic (exact) mass is 205 g/mol. The number of aryl methyl sites for hydroxylation is 1. The minimum atomic E-state index is 0.656. The summed E-state index contributed by atoms with van der Waals surface area (Å²) in [5.41, 5.74) is 6.36. The van der Waals surface area contributed by atoms with Crippen molar-refractivity contribution >= 4 is 11.0 Å². The quantitative estimate of drug-likeness (QED) is 0.765. The summed E-state index contributed by atoms with van der Waals surface area (Å²) in [6, 6.07) is 3.90. The average molecular weight is 205 g/mol. The van der Waals surface area contributed by atoms with Crippen LogP contribution in [0.2, 0.25) is 0 Å². The Bertz CT molecular complexity index is 450. The summed E-state index contributed by atoms with van der Waals surface area (Å²) in [6.45, 7) is 1.31. The Kier molecular flexibility index (Phi) is 2.87. The fraction of sp³-hybridized carbons (Fsp3) is 0.364. The van der Waals surface area contributed by atoms with E-state index >= 15 is 0 Å². The van der Waals surface area contributed by atoms with Gasteiger partial charge in [0.25, 0.3) is 0 Å². The van der Waals surface area contributed by atoms with Crippen LogP contribution in [0.3, 0.4) is 0 Å². The number of hydrogen-bond acceptors (Lipinski definition) is 3. The highest BCUT2D eigenvalue weighted by atomic mass is 16.5. The summed E-state index contributed by atoms with van der Waals surface area (Å²) in [5.74, 6) is 0.883. The molecule has 0 aliphatic carbocycles. The number of pyridine rings is 1. The summed E-state index contributed by atoms with van der Waals surface area (Å²) in [7, 11) is 1.97. The smallest absolute Gasteiger partial charge is 0.143 e. The largest absolute Gasteiger partial charge is 0.493 e. The average Bonchev–Trinajstić information content (AvgIpc) is 2.62. The molecule has 0 aliphatic heterocycles. The van der Waals surface area contributed by atoms with Crippen molar-refractivity contribution in [2.45, 2.75) is 6.42 Å². The molecular formula is C11H15N3O. The van der Waals surface area contributed by atoms with E-state index < -0.39 is 0 Å². The van der Waals surface area contributed by atoms with Gasteiger partial charge in [-0.05, 0) is 25.1 Å². The molecule has 0 spiro atoms. The van der Waals surface area contributed by atoms with Crippen LogP contribution in [0.15, 0.2) is 24.5 Å². The van der Waals surface area contributed by atoms with Gasteiger partial charge in [-0.15, -0.1) is 0 Å². The molecule has 0 saturated carbocycles. The van der Waals surface area contributed by atoms with Crippen LogP contribution in [-0.2, 0) is 7.05 Å². The van der Waals surface area contributed by atoms with Gasteiger partial charge in [0.2, 0.25) is 0 Å². The third-order valence-electron chi connectivity index (χ3n) is 2.33. The molecule has 80 valence electrons. The molecule has 2 N–H and O–H groups in total. The molecule has 2 rings (SSSR count). The molecule has 15 heavy (non-hydrogen) atoms. The summed E-state index contributed by atoms with van der Waals surface area (Å²) in [6.07, 6.45) is 4.62. The number of aromatic nitrogens is 2. The third-order valence-corrected chi connectivity index (χ3v) is 2.33. The van der Waals surface area contributed by atoms with E-state index in [1.807, 2.05) is 29.9 Å². The fourth-order valence-corrected chi connectivity index (χ4v) is 1.53. The Morgan fingerprint density at radius 2 is 2.33 bits per heavy atom. The van der Waals surface area contributed by atoms with E-state index in [0.717, 1.165) is 23.2 Å². The molecule has 0 aromatic carbocycles. The second-order valence-electron chi connectivity index (χ2n) is 3.46. The van der Waals surface area contributed by atoms with E-state index in [1.165, 1.54) is 0 Å². The minimum Gasteiger partial charge on any atom is -0.493 e. The molecule has 0 amide bonds. The molecular weight excluding hydrogens is 190 g/mol. The van der Waals surface area contributed by atoms with Crippen molar-refractivity contribution < 1.29 is 4.74 Å². The number of rotatable bonds is 4. The van der Waals surface area contributed by atoms with Gasteiger partial charge in [-0.3, -0.25) is 0 Å². The lowest BCUT2D eigenvalue weighted by atomic mass is 10.3. The highest BCUT2D eigenvalue weighted by molar-refractivity contribution is 5.82. The summed E-state index contributed by atoms with van der Waals surface area (Å²) < 4.78 is 7.62. The molecule has 0 atom stereocenters. The molecule has 4 nitrogen and oxygen atoms in total. The van der Waals surface area contributed by atoms with Gasteiger partial charge >= 0.3 is 0 Å². The molecule has 0 saturated heterocycles. The van der Waals surface area contributed by atoms with Crippen LogP contribution >= 0.6 is 0 Å². The van der Waals surface area contributed by atoms with Crippen LogP contribution < -0.4 is 10.5 Å². The highest BCUT2D eigenvalue weighted by Gasteiger charge is 2.05. The first-order valence-electron chi connectivity index (χ1n) is 5.06. The predicted molar refractivity (Wildman–Crippen MR) is 59.9 cm³/mol. The van der Waals surface area contributed by atoms with E-state index in [4.69, 9.17) is 10.5 Å². The summed E-state index contributed by atoms with van der Waals surface area (Å²) >= 11 is 0. The van der Waals surface area contributed by atoms with Crippen LogP contribution in [0.1, 0.15) is 6.42 Å². The van der Waals surface area contributed by atoms with E-state index in [1.54, 1.807) is 6.20 Å². The molecule has 2 aromatic rings. The standard InChI is InChI=1S/C11H15N3O/c1-14-7-4-9-10(15-8-2-5-12)3-6-13-11(9)14/h3-4,6-7H,2,5,8,12H2,1H3. The first-order chi connectivity index (χ1) is 7.33. The van der Waals surface area contributed by atoms with Crippen molar-refractivity contribution in [2.75, 3.05) is 13.2 Å². The second-order valence-corrected chi connectivity index (χ2v) is 3.46. The molecule has 0 aliphatic rings. The van der Waals surface area contributed by atoms with E-state index in [2.05, 4.69) is 4.98 Å². The van der Waals surface area contributed by atoms with Gasteiger partial charge in [0.05, 0.1) is 12.0 Å². The zero-order chi connectivity index (χ0) is 10.7. The lowest BCUT2D eigenvalue weighted by Gasteiger charge is -2.06. The molecule has 0 unspecified atom stereocenters. The zero-order valence-corrected chi connectivity index (χ0v) is 8.81. The van der Waals surface area contributed by atoms with Gasteiger partial charge in [0.15, 0.2) is 0 Å². The van der Waals surface area contributed by atoms with Crippen LogP contribution in [0.4, 0.5) is 0 Å². The Labute approximate surface area is 88.7 Å². The van der Waals surface area contributed by atoms with Crippen LogP contribution in [0.25, 0.3) is 11.0 Å². The van der Waals surface area contributed by atoms with Crippen molar-refractivity contribution in [1.82, 2.24) is 9.55 Å². The molecule has 0 bridgehead atoms. The van der Waals surface area contributed by atoms with Gasteiger partial charge < -0.3 is 15.0 Å².